The summed E-state index contributed by atoms with van der Waals surface area (Å²) in [5.74, 6) is -0.625. The average molecular weight is 269 g/mol. The Bertz CT molecular complexity index is 652. The largest absolute Gasteiger partial charge is 0.271 e. The number of sulfonamides is 1. The van der Waals surface area contributed by atoms with Crippen molar-refractivity contribution in [1.29, 1.82) is 0 Å². The molecule has 2 rings (SSSR count). The maximum absolute atomic E-state index is 13.4. The van der Waals surface area contributed by atoms with Crippen LogP contribution in [0, 0.1) is 5.82 Å². The highest BCUT2D eigenvalue weighted by Gasteiger charge is 2.19. The van der Waals surface area contributed by atoms with Crippen molar-refractivity contribution in [2.45, 2.75) is 18.4 Å². The van der Waals surface area contributed by atoms with E-state index in [1.807, 2.05) is 6.92 Å². The highest BCUT2D eigenvalue weighted by atomic mass is 32.2. The van der Waals surface area contributed by atoms with E-state index < -0.39 is 20.7 Å². The highest BCUT2D eigenvalue weighted by molar-refractivity contribution is 7.92. The summed E-state index contributed by atoms with van der Waals surface area (Å²) in [4.78, 5) is -0.393. The summed E-state index contributed by atoms with van der Waals surface area (Å²) in [6.07, 6.45) is 1.64. The molecule has 0 bridgehead atoms. The SMILES string of the molecule is CCn1ccc(NS(=O)(=O)c2ccccc2F)n1. The van der Waals surface area contributed by atoms with E-state index >= 15 is 0 Å². The van der Waals surface area contributed by atoms with Gasteiger partial charge in [0.1, 0.15) is 10.7 Å². The topological polar surface area (TPSA) is 64.0 Å². The first kappa shape index (κ1) is 12.6. The lowest BCUT2D eigenvalue weighted by Gasteiger charge is -2.05. The van der Waals surface area contributed by atoms with Gasteiger partial charge in [-0.15, -0.1) is 0 Å². The zero-order valence-corrected chi connectivity index (χ0v) is 10.5. The lowest BCUT2D eigenvalue weighted by Crippen LogP contribution is -2.15. The van der Waals surface area contributed by atoms with Gasteiger partial charge in [0.15, 0.2) is 5.82 Å². The third-order valence-corrected chi connectivity index (χ3v) is 3.72. The predicted octanol–water partition coefficient (Wildman–Crippen LogP) is 1.84. The maximum Gasteiger partial charge on any atom is 0.266 e. The Morgan fingerprint density at radius 1 is 1.33 bits per heavy atom. The first-order chi connectivity index (χ1) is 8.53. The lowest BCUT2D eigenvalue weighted by atomic mass is 10.4. The van der Waals surface area contributed by atoms with E-state index in [1.165, 1.54) is 24.3 Å². The standard InChI is InChI=1S/C11H12FN3O2S/c1-2-15-8-7-11(13-15)14-18(16,17)10-6-4-3-5-9(10)12/h3-8H,2H2,1H3,(H,13,14). The van der Waals surface area contributed by atoms with Gasteiger partial charge in [0, 0.05) is 18.8 Å². The van der Waals surface area contributed by atoms with Crippen LogP contribution in [0.5, 0.6) is 0 Å². The van der Waals surface area contributed by atoms with Gasteiger partial charge in [-0.1, -0.05) is 12.1 Å². The molecule has 96 valence electrons. The second-order valence-corrected chi connectivity index (χ2v) is 5.24. The Labute approximate surface area is 104 Å². The van der Waals surface area contributed by atoms with Crippen LogP contribution in [-0.4, -0.2) is 18.2 Å². The van der Waals surface area contributed by atoms with Crippen molar-refractivity contribution in [3.8, 4) is 0 Å². The molecule has 0 aliphatic carbocycles. The van der Waals surface area contributed by atoms with Crippen molar-refractivity contribution in [2.24, 2.45) is 0 Å². The van der Waals surface area contributed by atoms with E-state index in [2.05, 4.69) is 9.82 Å². The Kier molecular flexibility index (Phi) is 3.33. The number of halogens is 1. The fourth-order valence-electron chi connectivity index (χ4n) is 1.45. The molecule has 0 saturated heterocycles. The van der Waals surface area contributed by atoms with E-state index in [-0.39, 0.29) is 5.82 Å². The van der Waals surface area contributed by atoms with Gasteiger partial charge in [-0.3, -0.25) is 9.40 Å². The lowest BCUT2D eigenvalue weighted by molar-refractivity contribution is 0.570. The van der Waals surface area contributed by atoms with Gasteiger partial charge < -0.3 is 0 Å². The van der Waals surface area contributed by atoms with Gasteiger partial charge in [-0.2, -0.15) is 5.10 Å². The molecule has 0 amide bonds. The van der Waals surface area contributed by atoms with Crippen molar-refractivity contribution in [2.75, 3.05) is 4.72 Å². The molecule has 5 nitrogen and oxygen atoms in total. The molecule has 0 spiro atoms. The molecular formula is C11H12FN3O2S. The first-order valence-electron chi connectivity index (χ1n) is 5.34. The van der Waals surface area contributed by atoms with Crippen LogP contribution in [0.15, 0.2) is 41.4 Å². The number of hydrogen-bond acceptors (Lipinski definition) is 3. The summed E-state index contributed by atoms with van der Waals surface area (Å²) < 4.78 is 41.1. The zero-order chi connectivity index (χ0) is 13.2. The van der Waals surface area contributed by atoms with Crippen LogP contribution in [-0.2, 0) is 16.6 Å². The average Bonchev–Trinajstić information content (AvgIpc) is 2.76. The molecule has 18 heavy (non-hydrogen) atoms. The third kappa shape index (κ3) is 2.51. The van der Waals surface area contributed by atoms with E-state index in [9.17, 15) is 12.8 Å². The summed E-state index contributed by atoms with van der Waals surface area (Å²) in [6, 6.07) is 6.71. The summed E-state index contributed by atoms with van der Waals surface area (Å²) in [6.45, 7) is 2.50. The molecular weight excluding hydrogens is 257 g/mol. The van der Waals surface area contributed by atoms with Crippen molar-refractivity contribution < 1.29 is 12.8 Å². The van der Waals surface area contributed by atoms with Crippen molar-refractivity contribution in [1.82, 2.24) is 9.78 Å². The molecule has 1 heterocycles. The predicted molar refractivity (Wildman–Crippen MR) is 65.1 cm³/mol. The van der Waals surface area contributed by atoms with E-state index in [1.54, 1.807) is 10.9 Å². The minimum Gasteiger partial charge on any atom is -0.271 e. The van der Waals surface area contributed by atoms with Gasteiger partial charge in [0.25, 0.3) is 10.0 Å². The molecule has 0 unspecified atom stereocenters. The van der Waals surface area contributed by atoms with Crippen LogP contribution < -0.4 is 4.72 Å². The zero-order valence-electron chi connectivity index (χ0n) is 9.67. The molecule has 1 aromatic heterocycles. The Morgan fingerprint density at radius 3 is 2.67 bits per heavy atom. The quantitative estimate of drug-likeness (QED) is 0.921. The molecule has 0 aliphatic heterocycles. The smallest absolute Gasteiger partial charge is 0.266 e. The summed E-state index contributed by atoms with van der Waals surface area (Å²) >= 11 is 0. The molecule has 1 aromatic carbocycles. The minimum atomic E-state index is -3.94. The van der Waals surface area contributed by atoms with Crippen LogP contribution >= 0.6 is 0 Å². The molecule has 0 fully saturated rings. The summed E-state index contributed by atoms with van der Waals surface area (Å²) in [7, 11) is -3.94. The number of aromatic nitrogens is 2. The molecule has 2 aromatic rings. The van der Waals surface area contributed by atoms with Gasteiger partial charge in [-0.25, -0.2) is 12.8 Å². The van der Waals surface area contributed by atoms with Gasteiger partial charge in [0.2, 0.25) is 0 Å². The van der Waals surface area contributed by atoms with Gasteiger partial charge in [-0.05, 0) is 19.1 Å². The van der Waals surface area contributed by atoms with Crippen LogP contribution in [0.4, 0.5) is 10.2 Å². The highest BCUT2D eigenvalue weighted by Crippen LogP contribution is 2.17. The number of hydrogen-bond donors (Lipinski definition) is 1. The van der Waals surface area contributed by atoms with E-state index in [4.69, 9.17) is 0 Å². The van der Waals surface area contributed by atoms with E-state index in [0.717, 1.165) is 6.07 Å². The minimum absolute atomic E-state index is 0.167. The van der Waals surface area contributed by atoms with Gasteiger partial charge in [0.05, 0.1) is 0 Å². The number of anilines is 1. The number of nitrogens with one attached hydrogen (secondary N) is 1. The summed E-state index contributed by atoms with van der Waals surface area (Å²) in [5.41, 5.74) is 0. The normalized spacial score (nSPS) is 11.4. The van der Waals surface area contributed by atoms with Crippen LogP contribution in [0.3, 0.4) is 0 Å². The number of nitrogens with zero attached hydrogens (tertiary/aromatic N) is 2. The first-order valence-corrected chi connectivity index (χ1v) is 6.82. The van der Waals surface area contributed by atoms with Gasteiger partial charge >= 0.3 is 0 Å². The molecule has 0 radical (unpaired) electrons. The van der Waals surface area contributed by atoms with Crippen LogP contribution in [0.2, 0.25) is 0 Å². The number of aryl methyl sites for hydroxylation is 1. The maximum atomic E-state index is 13.4. The Morgan fingerprint density at radius 2 is 2.06 bits per heavy atom. The number of rotatable bonds is 4. The monoisotopic (exact) mass is 269 g/mol. The molecule has 1 N–H and O–H groups in total. The van der Waals surface area contributed by atoms with Crippen molar-refractivity contribution in [3.63, 3.8) is 0 Å². The molecule has 0 saturated carbocycles. The second kappa shape index (κ2) is 4.77. The molecule has 7 heteroatoms. The molecule has 0 atom stereocenters. The Hall–Kier alpha value is -1.89. The summed E-state index contributed by atoms with van der Waals surface area (Å²) in [5, 5.41) is 3.97. The molecule has 0 aliphatic rings. The van der Waals surface area contributed by atoms with Crippen LogP contribution in [0.25, 0.3) is 0 Å². The van der Waals surface area contributed by atoms with Crippen LogP contribution in [0.1, 0.15) is 6.92 Å². The fourth-order valence-corrected chi connectivity index (χ4v) is 2.52. The fraction of sp³-hybridized carbons (Fsp3) is 0.182. The van der Waals surface area contributed by atoms with Crippen molar-refractivity contribution in [3.05, 3.63) is 42.3 Å². The number of benzene rings is 1. The van der Waals surface area contributed by atoms with Crippen molar-refractivity contribution >= 4 is 15.8 Å². The van der Waals surface area contributed by atoms with E-state index in [0.29, 0.717) is 6.54 Å². The third-order valence-electron chi connectivity index (χ3n) is 2.33. The second-order valence-electron chi connectivity index (χ2n) is 3.59. The Balaban J connectivity index is 2.30.